The van der Waals surface area contributed by atoms with Gasteiger partial charge in [-0.3, -0.25) is 0 Å². The molecule has 0 heterocycles. The van der Waals surface area contributed by atoms with E-state index in [1.165, 1.54) is 0 Å². The van der Waals surface area contributed by atoms with Crippen LogP contribution >= 0.6 is 0 Å². The van der Waals surface area contributed by atoms with E-state index in [0.29, 0.717) is 11.8 Å². The largest absolute Gasteiger partial charge is 0.500 e. The number of hydrogen-bond acceptors (Lipinski definition) is 1. The molecule has 0 spiro atoms. The van der Waals surface area contributed by atoms with E-state index in [4.69, 9.17) is 11.2 Å². The fourth-order valence-corrected chi connectivity index (χ4v) is 1.35. The molecule has 2 unspecified atom stereocenters. The minimum absolute atomic E-state index is 0.510. The van der Waals surface area contributed by atoms with Crippen molar-refractivity contribution in [2.75, 3.05) is 7.11 Å². The van der Waals surface area contributed by atoms with E-state index in [0.717, 1.165) is 11.3 Å². The van der Waals surface area contributed by atoms with Gasteiger partial charge in [0.2, 0.25) is 0 Å². The van der Waals surface area contributed by atoms with E-state index < -0.39 is 0 Å². The van der Waals surface area contributed by atoms with Crippen LogP contribution in [0.5, 0.6) is 0 Å². The van der Waals surface area contributed by atoms with Crippen LogP contribution in [0.25, 0.3) is 0 Å². The van der Waals surface area contributed by atoms with Gasteiger partial charge < -0.3 is 4.74 Å². The zero-order valence-corrected chi connectivity index (χ0v) is 6.64. The Morgan fingerprint density at radius 2 is 2.00 bits per heavy atom. The number of methoxy groups -OCH3 is 1. The van der Waals surface area contributed by atoms with E-state index in [1.54, 1.807) is 7.11 Å². The summed E-state index contributed by atoms with van der Waals surface area (Å²) in [6.45, 7) is 4.26. The average Bonchev–Trinajstić information content (AvgIpc) is 1.97. The fourth-order valence-electron chi connectivity index (χ4n) is 1.35. The summed E-state index contributed by atoms with van der Waals surface area (Å²) in [5.41, 5.74) is 1.04. The highest BCUT2D eigenvalue weighted by atomic mass is 16.5. The van der Waals surface area contributed by atoms with Crippen molar-refractivity contribution >= 4 is 0 Å². The second-order valence-corrected chi connectivity index (χ2v) is 2.70. The summed E-state index contributed by atoms with van der Waals surface area (Å²) in [4.78, 5) is 0. The highest BCUT2D eigenvalue weighted by Crippen LogP contribution is 2.39. The minimum Gasteiger partial charge on any atom is -0.500 e. The molecular formula is C9H12O. The van der Waals surface area contributed by atoms with Gasteiger partial charge in [-0.15, -0.1) is 6.42 Å². The van der Waals surface area contributed by atoms with Crippen molar-refractivity contribution in [3.63, 3.8) is 0 Å². The van der Waals surface area contributed by atoms with Gasteiger partial charge >= 0.3 is 0 Å². The van der Waals surface area contributed by atoms with Crippen LogP contribution in [0, 0.1) is 24.2 Å². The highest BCUT2D eigenvalue weighted by Gasteiger charge is 2.33. The van der Waals surface area contributed by atoms with Crippen LogP contribution < -0.4 is 0 Å². The second kappa shape index (κ2) is 2.38. The zero-order chi connectivity index (χ0) is 7.72. The molecule has 1 aliphatic carbocycles. The molecule has 0 aromatic rings. The van der Waals surface area contributed by atoms with Crippen molar-refractivity contribution in [1.29, 1.82) is 0 Å². The first-order valence-corrected chi connectivity index (χ1v) is 3.47. The molecule has 0 aromatic carbocycles. The third-order valence-electron chi connectivity index (χ3n) is 2.26. The Morgan fingerprint density at radius 1 is 1.40 bits per heavy atom. The summed E-state index contributed by atoms with van der Waals surface area (Å²) in [7, 11) is 1.68. The first kappa shape index (κ1) is 7.21. The van der Waals surface area contributed by atoms with Gasteiger partial charge in [0.05, 0.1) is 7.11 Å². The molecule has 0 fully saturated rings. The van der Waals surface area contributed by atoms with Crippen LogP contribution in [-0.4, -0.2) is 7.11 Å². The highest BCUT2D eigenvalue weighted by molar-refractivity contribution is 5.40. The van der Waals surface area contributed by atoms with Gasteiger partial charge in [-0.05, 0) is 0 Å². The van der Waals surface area contributed by atoms with E-state index in [-0.39, 0.29) is 0 Å². The summed E-state index contributed by atoms with van der Waals surface area (Å²) in [5, 5.41) is 0. The molecule has 1 rings (SSSR count). The molecule has 1 aliphatic rings. The Kier molecular flexibility index (Phi) is 1.72. The van der Waals surface area contributed by atoms with Gasteiger partial charge in [0.25, 0.3) is 0 Å². The first-order valence-electron chi connectivity index (χ1n) is 3.47. The lowest BCUT2D eigenvalue weighted by molar-refractivity contribution is 0.186. The SMILES string of the molecule is C#CC1=C(OC)C(C)C1C. The van der Waals surface area contributed by atoms with Crippen molar-refractivity contribution in [2.24, 2.45) is 11.8 Å². The Balaban J connectivity index is 2.86. The van der Waals surface area contributed by atoms with E-state index in [9.17, 15) is 0 Å². The Hall–Kier alpha value is -0.900. The molecule has 0 bridgehead atoms. The van der Waals surface area contributed by atoms with E-state index >= 15 is 0 Å². The van der Waals surface area contributed by atoms with Crippen molar-refractivity contribution in [3.8, 4) is 12.3 Å². The van der Waals surface area contributed by atoms with E-state index in [2.05, 4.69) is 19.8 Å². The molecule has 2 atom stereocenters. The minimum atomic E-state index is 0.510. The summed E-state index contributed by atoms with van der Waals surface area (Å²) >= 11 is 0. The second-order valence-electron chi connectivity index (χ2n) is 2.70. The molecule has 0 radical (unpaired) electrons. The Bertz CT molecular complexity index is 207. The average molecular weight is 136 g/mol. The molecule has 0 saturated carbocycles. The number of allylic oxidation sites excluding steroid dienone is 2. The number of hydrogen-bond donors (Lipinski definition) is 0. The van der Waals surface area contributed by atoms with Crippen LogP contribution in [0.15, 0.2) is 11.3 Å². The normalized spacial score (nSPS) is 31.0. The van der Waals surface area contributed by atoms with Crippen molar-refractivity contribution < 1.29 is 4.74 Å². The monoisotopic (exact) mass is 136 g/mol. The molecule has 0 aliphatic heterocycles. The Morgan fingerprint density at radius 3 is 2.30 bits per heavy atom. The molecular weight excluding hydrogens is 124 g/mol. The van der Waals surface area contributed by atoms with Gasteiger partial charge in [0.15, 0.2) is 0 Å². The van der Waals surface area contributed by atoms with Crippen LogP contribution in [0.2, 0.25) is 0 Å². The van der Waals surface area contributed by atoms with Gasteiger partial charge in [-0.1, -0.05) is 19.8 Å². The lowest BCUT2D eigenvalue weighted by Gasteiger charge is -2.33. The number of ether oxygens (including phenoxy) is 1. The maximum absolute atomic E-state index is 5.26. The lowest BCUT2D eigenvalue weighted by atomic mass is 9.75. The molecule has 54 valence electrons. The standard InChI is InChI=1S/C9H12O/c1-5-8-6(2)7(3)9(8)10-4/h1,6-7H,2-4H3. The predicted molar refractivity (Wildman–Crippen MR) is 41.2 cm³/mol. The molecule has 0 saturated heterocycles. The maximum atomic E-state index is 5.26. The molecule has 10 heavy (non-hydrogen) atoms. The van der Waals surface area contributed by atoms with Crippen LogP contribution in [-0.2, 0) is 4.74 Å². The molecule has 1 heteroatoms. The topological polar surface area (TPSA) is 9.23 Å². The first-order chi connectivity index (χ1) is 4.72. The molecule has 0 N–H and O–H groups in total. The number of terminal acetylenes is 1. The smallest absolute Gasteiger partial charge is 0.111 e. The zero-order valence-electron chi connectivity index (χ0n) is 6.64. The lowest BCUT2D eigenvalue weighted by Crippen LogP contribution is -2.26. The summed E-state index contributed by atoms with van der Waals surface area (Å²) in [6, 6.07) is 0. The molecule has 0 amide bonds. The fraction of sp³-hybridized carbons (Fsp3) is 0.556. The molecule has 1 nitrogen and oxygen atoms in total. The predicted octanol–water partition coefficient (Wildman–Crippen LogP) is 1.81. The van der Waals surface area contributed by atoms with E-state index in [1.807, 2.05) is 0 Å². The van der Waals surface area contributed by atoms with Crippen molar-refractivity contribution in [3.05, 3.63) is 11.3 Å². The van der Waals surface area contributed by atoms with Crippen molar-refractivity contribution in [2.45, 2.75) is 13.8 Å². The van der Waals surface area contributed by atoms with Gasteiger partial charge in [0, 0.05) is 17.4 Å². The summed E-state index contributed by atoms with van der Waals surface area (Å²) in [6.07, 6.45) is 5.26. The Labute approximate surface area is 62.1 Å². The molecule has 0 aromatic heterocycles. The van der Waals surface area contributed by atoms with Crippen LogP contribution in [0.1, 0.15) is 13.8 Å². The maximum Gasteiger partial charge on any atom is 0.111 e. The third-order valence-corrected chi connectivity index (χ3v) is 2.26. The van der Waals surface area contributed by atoms with Crippen molar-refractivity contribution in [1.82, 2.24) is 0 Å². The van der Waals surface area contributed by atoms with Crippen LogP contribution in [0.3, 0.4) is 0 Å². The third kappa shape index (κ3) is 0.724. The number of rotatable bonds is 1. The van der Waals surface area contributed by atoms with Gasteiger partial charge in [-0.2, -0.15) is 0 Å². The summed E-state index contributed by atoms with van der Waals surface area (Å²) in [5.74, 6) is 4.66. The summed E-state index contributed by atoms with van der Waals surface area (Å²) < 4.78 is 5.11. The van der Waals surface area contributed by atoms with Crippen LogP contribution in [0.4, 0.5) is 0 Å². The quantitative estimate of drug-likeness (QED) is 0.499. The van der Waals surface area contributed by atoms with Gasteiger partial charge in [0.1, 0.15) is 5.76 Å². The van der Waals surface area contributed by atoms with Gasteiger partial charge in [-0.25, -0.2) is 0 Å².